The van der Waals surface area contributed by atoms with Gasteiger partial charge in [-0.25, -0.2) is 4.79 Å². The molecule has 1 rings (SSSR count). The Balaban J connectivity index is 2.71. The van der Waals surface area contributed by atoms with Gasteiger partial charge in [0.2, 0.25) is 0 Å². The summed E-state index contributed by atoms with van der Waals surface area (Å²) in [6.45, 7) is 7.06. The Labute approximate surface area is 124 Å². The molecule has 6 nitrogen and oxygen atoms in total. The zero-order valence-electron chi connectivity index (χ0n) is 12.7. The zero-order chi connectivity index (χ0) is 16.0. The molecule has 0 spiro atoms. The van der Waals surface area contributed by atoms with Crippen molar-refractivity contribution >= 4 is 12.1 Å². The van der Waals surface area contributed by atoms with Crippen LogP contribution >= 0.6 is 0 Å². The normalized spacial score (nSPS) is 12.6. The topological polar surface area (TPSA) is 84.9 Å². The third-order valence-electron chi connectivity index (χ3n) is 2.46. The highest BCUT2D eigenvalue weighted by atomic mass is 16.7. The van der Waals surface area contributed by atoms with Gasteiger partial charge in [-0.15, -0.1) is 0 Å². The number of hydrogen-bond donors (Lipinski definition) is 2. The van der Waals surface area contributed by atoms with E-state index in [2.05, 4.69) is 5.48 Å². The van der Waals surface area contributed by atoms with Crippen molar-refractivity contribution in [1.82, 2.24) is 5.48 Å². The van der Waals surface area contributed by atoms with E-state index >= 15 is 0 Å². The quantitative estimate of drug-likeness (QED) is 0.816. The number of aryl methyl sites for hydroxylation is 1. The average molecular weight is 295 g/mol. The number of ether oxygens (including phenoxy) is 1. The number of aliphatic carboxylic acids is 1. The molecule has 1 unspecified atom stereocenters. The lowest BCUT2D eigenvalue weighted by atomic mass is 10.0. The van der Waals surface area contributed by atoms with E-state index in [1.54, 1.807) is 32.9 Å². The van der Waals surface area contributed by atoms with Crippen LogP contribution < -0.4 is 5.48 Å². The van der Waals surface area contributed by atoms with Gasteiger partial charge >= 0.3 is 12.1 Å². The van der Waals surface area contributed by atoms with Gasteiger partial charge in [0.1, 0.15) is 11.7 Å². The number of carboxylic acid groups (broad SMARTS) is 1. The predicted octanol–water partition coefficient (Wildman–Crippen LogP) is 2.97. The molecular weight excluding hydrogens is 274 g/mol. The van der Waals surface area contributed by atoms with E-state index in [1.165, 1.54) is 0 Å². The van der Waals surface area contributed by atoms with Gasteiger partial charge in [-0.2, -0.15) is 5.48 Å². The van der Waals surface area contributed by atoms with Crippen molar-refractivity contribution < 1.29 is 24.3 Å². The van der Waals surface area contributed by atoms with Crippen LogP contribution in [0.2, 0.25) is 0 Å². The van der Waals surface area contributed by atoms with E-state index in [0.717, 1.165) is 5.56 Å². The predicted molar refractivity (Wildman–Crippen MR) is 76.6 cm³/mol. The van der Waals surface area contributed by atoms with Crippen molar-refractivity contribution in [2.75, 3.05) is 0 Å². The van der Waals surface area contributed by atoms with E-state index < -0.39 is 23.8 Å². The molecule has 0 fully saturated rings. The molecular formula is C15H21NO5. The molecule has 0 radical (unpaired) electrons. The van der Waals surface area contributed by atoms with Crippen LogP contribution in [0.5, 0.6) is 0 Å². The monoisotopic (exact) mass is 295 g/mol. The summed E-state index contributed by atoms with van der Waals surface area (Å²) in [6.07, 6.45) is -1.81. The first-order chi connectivity index (χ1) is 9.67. The SMILES string of the molecule is Cc1cccc(C(CC(=O)O)ONC(=O)OC(C)(C)C)c1. The summed E-state index contributed by atoms with van der Waals surface area (Å²) in [5, 5.41) is 8.94. The van der Waals surface area contributed by atoms with Gasteiger partial charge in [0, 0.05) is 0 Å². The van der Waals surface area contributed by atoms with Gasteiger partial charge in [0.15, 0.2) is 0 Å². The van der Waals surface area contributed by atoms with Crippen molar-refractivity contribution in [3.63, 3.8) is 0 Å². The Morgan fingerprint density at radius 2 is 2.00 bits per heavy atom. The Kier molecular flexibility index (Phi) is 5.72. The third kappa shape index (κ3) is 6.76. The van der Waals surface area contributed by atoms with E-state index in [-0.39, 0.29) is 6.42 Å². The van der Waals surface area contributed by atoms with Crippen molar-refractivity contribution in [2.24, 2.45) is 0 Å². The molecule has 0 saturated carbocycles. The molecule has 0 heterocycles. The Morgan fingerprint density at radius 3 is 2.52 bits per heavy atom. The molecule has 1 atom stereocenters. The van der Waals surface area contributed by atoms with Crippen LogP contribution in [0.4, 0.5) is 4.79 Å². The minimum absolute atomic E-state index is 0.265. The van der Waals surface area contributed by atoms with Crippen LogP contribution in [-0.4, -0.2) is 22.8 Å². The molecule has 1 amide bonds. The van der Waals surface area contributed by atoms with Gasteiger partial charge in [0.25, 0.3) is 0 Å². The van der Waals surface area contributed by atoms with Gasteiger partial charge in [0.05, 0.1) is 6.42 Å². The number of hydrogen-bond acceptors (Lipinski definition) is 4. The lowest BCUT2D eigenvalue weighted by Gasteiger charge is -2.21. The van der Waals surface area contributed by atoms with Crippen molar-refractivity contribution in [3.8, 4) is 0 Å². The molecule has 1 aromatic rings. The lowest BCUT2D eigenvalue weighted by Crippen LogP contribution is -2.33. The molecule has 6 heteroatoms. The fourth-order valence-corrected chi connectivity index (χ4v) is 1.67. The van der Waals surface area contributed by atoms with Crippen molar-refractivity contribution in [1.29, 1.82) is 0 Å². The third-order valence-corrected chi connectivity index (χ3v) is 2.46. The minimum atomic E-state index is -1.02. The Morgan fingerprint density at radius 1 is 1.33 bits per heavy atom. The van der Waals surface area contributed by atoms with Gasteiger partial charge in [-0.3, -0.25) is 9.63 Å². The molecule has 0 saturated heterocycles. The first kappa shape index (κ1) is 17.0. The standard InChI is InChI=1S/C15H21NO5/c1-10-6-5-7-11(8-10)12(9-13(17)18)21-16-14(19)20-15(2,3)4/h5-8,12H,9H2,1-4H3,(H,16,19)(H,17,18). The summed E-state index contributed by atoms with van der Waals surface area (Å²) < 4.78 is 5.03. The maximum absolute atomic E-state index is 11.5. The fourth-order valence-electron chi connectivity index (χ4n) is 1.67. The summed E-state index contributed by atoms with van der Waals surface area (Å²) in [5.74, 6) is -1.02. The smallest absolute Gasteiger partial charge is 0.431 e. The summed E-state index contributed by atoms with van der Waals surface area (Å²) in [7, 11) is 0. The summed E-state index contributed by atoms with van der Waals surface area (Å²) in [4.78, 5) is 27.7. The maximum atomic E-state index is 11.5. The summed E-state index contributed by atoms with van der Waals surface area (Å²) in [6, 6.07) is 7.25. The summed E-state index contributed by atoms with van der Waals surface area (Å²) >= 11 is 0. The van der Waals surface area contributed by atoms with Gasteiger partial charge in [-0.1, -0.05) is 29.8 Å². The molecule has 0 aliphatic heterocycles. The molecule has 0 aliphatic rings. The first-order valence-corrected chi connectivity index (χ1v) is 6.60. The Hall–Kier alpha value is -2.08. The highest BCUT2D eigenvalue weighted by Gasteiger charge is 2.21. The molecule has 21 heavy (non-hydrogen) atoms. The van der Waals surface area contributed by atoms with Crippen LogP contribution in [0, 0.1) is 6.92 Å². The molecule has 116 valence electrons. The van der Waals surface area contributed by atoms with Gasteiger partial charge in [-0.05, 0) is 33.3 Å². The number of amides is 1. The van der Waals surface area contributed by atoms with Crippen LogP contribution in [0.15, 0.2) is 24.3 Å². The van der Waals surface area contributed by atoms with Crippen molar-refractivity contribution in [2.45, 2.75) is 45.8 Å². The fraction of sp³-hybridized carbons (Fsp3) is 0.467. The maximum Gasteiger partial charge on any atom is 0.431 e. The molecule has 0 bridgehead atoms. The number of nitrogens with one attached hydrogen (secondary N) is 1. The second kappa shape index (κ2) is 7.08. The van der Waals surface area contributed by atoms with E-state index in [0.29, 0.717) is 5.56 Å². The number of rotatable bonds is 5. The van der Waals surface area contributed by atoms with Crippen molar-refractivity contribution in [3.05, 3.63) is 35.4 Å². The number of hydroxylamine groups is 1. The van der Waals surface area contributed by atoms with Crippen LogP contribution in [0.25, 0.3) is 0 Å². The molecule has 2 N–H and O–H groups in total. The second-order valence-corrected chi connectivity index (χ2v) is 5.72. The molecule has 0 aliphatic carbocycles. The van der Waals surface area contributed by atoms with Crippen LogP contribution in [0.1, 0.15) is 44.4 Å². The second-order valence-electron chi connectivity index (χ2n) is 5.72. The largest absolute Gasteiger partial charge is 0.481 e. The zero-order valence-corrected chi connectivity index (χ0v) is 12.7. The van der Waals surface area contributed by atoms with Crippen LogP contribution in [-0.2, 0) is 14.4 Å². The van der Waals surface area contributed by atoms with E-state index in [4.69, 9.17) is 14.7 Å². The highest BCUT2D eigenvalue weighted by molar-refractivity contribution is 5.68. The molecule has 1 aromatic carbocycles. The highest BCUT2D eigenvalue weighted by Crippen LogP contribution is 2.21. The summed E-state index contributed by atoms with van der Waals surface area (Å²) in [5.41, 5.74) is 3.13. The number of carboxylic acids is 1. The minimum Gasteiger partial charge on any atom is -0.481 e. The van der Waals surface area contributed by atoms with Gasteiger partial charge < -0.3 is 9.84 Å². The van der Waals surface area contributed by atoms with E-state index in [9.17, 15) is 9.59 Å². The number of carbonyl (C=O) groups is 2. The van der Waals surface area contributed by atoms with Crippen LogP contribution in [0.3, 0.4) is 0 Å². The Bertz CT molecular complexity index is 507. The number of benzene rings is 1. The molecule has 0 aromatic heterocycles. The first-order valence-electron chi connectivity index (χ1n) is 6.60. The number of carbonyl (C=O) groups excluding carboxylic acids is 1. The average Bonchev–Trinajstić information content (AvgIpc) is 2.31. The van der Waals surface area contributed by atoms with E-state index in [1.807, 2.05) is 19.1 Å². The lowest BCUT2D eigenvalue weighted by molar-refractivity contribution is -0.142.